The predicted octanol–water partition coefficient (Wildman–Crippen LogP) is 2.19. The van der Waals surface area contributed by atoms with Crippen LogP contribution in [0.1, 0.15) is 18.4 Å². The Bertz CT molecular complexity index is 515. The summed E-state index contributed by atoms with van der Waals surface area (Å²) >= 11 is 0. The van der Waals surface area contributed by atoms with Crippen LogP contribution in [0.5, 0.6) is 0 Å². The summed E-state index contributed by atoms with van der Waals surface area (Å²) in [5, 5.41) is 0. The van der Waals surface area contributed by atoms with Crippen LogP contribution >= 0.6 is 0 Å². The summed E-state index contributed by atoms with van der Waals surface area (Å²) in [7, 11) is 2.05. The van der Waals surface area contributed by atoms with Crippen molar-refractivity contribution in [1.29, 1.82) is 0 Å². The molecule has 0 aromatic heterocycles. The molecule has 0 spiro atoms. The molecule has 2 aliphatic heterocycles. The van der Waals surface area contributed by atoms with E-state index >= 15 is 0 Å². The van der Waals surface area contributed by atoms with E-state index in [-0.39, 0.29) is 35.8 Å². The van der Waals surface area contributed by atoms with E-state index in [1.54, 1.807) is 0 Å². The van der Waals surface area contributed by atoms with Crippen molar-refractivity contribution in [3.63, 3.8) is 0 Å². The number of hydrogen-bond donors (Lipinski definition) is 0. The number of likely N-dealkylation sites (N-methyl/N-ethyl adjacent to an activating group) is 1. The molecule has 2 bridgehead atoms. The second-order valence-corrected chi connectivity index (χ2v) is 6.02. The topological polar surface area (TPSA) is 29.5 Å². The highest BCUT2D eigenvalue weighted by Crippen LogP contribution is 2.31. The third-order valence-corrected chi connectivity index (χ3v) is 4.75. The van der Waals surface area contributed by atoms with Crippen LogP contribution in [-0.2, 0) is 16.0 Å². The van der Waals surface area contributed by atoms with E-state index in [2.05, 4.69) is 11.9 Å². The maximum absolute atomic E-state index is 13.7. The minimum Gasteiger partial charge on any atom is -0.378 e. The molecule has 21 heavy (non-hydrogen) atoms. The summed E-state index contributed by atoms with van der Waals surface area (Å²) in [5.74, 6) is -1.47. The molecular formula is C16H19F2NO2. The average Bonchev–Trinajstić information content (AvgIpc) is 2.42. The molecule has 2 aliphatic rings. The van der Waals surface area contributed by atoms with Gasteiger partial charge in [-0.3, -0.25) is 9.69 Å². The number of piperidine rings is 1. The summed E-state index contributed by atoms with van der Waals surface area (Å²) < 4.78 is 32.8. The lowest BCUT2D eigenvalue weighted by Crippen LogP contribution is -2.56. The monoisotopic (exact) mass is 295 g/mol. The molecule has 2 atom stereocenters. The smallest absolute Gasteiger partial charge is 0.140 e. The molecule has 2 fully saturated rings. The molecular weight excluding hydrogens is 276 g/mol. The lowest BCUT2D eigenvalue weighted by atomic mass is 9.81. The largest absolute Gasteiger partial charge is 0.378 e. The van der Waals surface area contributed by atoms with E-state index in [1.165, 1.54) is 18.2 Å². The number of carbonyl (C=O) groups is 1. The molecule has 0 N–H and O–H groups in total. The van der Waals surface area contributed by atoms with E-state index in [9.17, 15) is 13.6 Å². The lowest BCUT2D eigenvalue weighted by molar-refractivity contribution is -0.130. The van der Waals surface area contributed by atoms with Gasteiger partial charge in [0, 0.05) is 30.0 Å². The number of Topliss-reactive ketones (excluding diaryl/α,β-unsaturated/α-hetero) is 1. The van der Waals surface area contributed by atoms with E-state index in [0.717, 1.165) is 0 Å². The minimum absolute atomic E-state index is 0.0657. The molecule has 0 saturated carbocycles. The van der Waals surface area contributed by atoms with Gasteiger partial charge >= 0.3 is 0 Å². The Morgan fingerprint density at radius 1 is 1.24 bits per heavy atom. The molecule has 2 heterocycles. The number of carbonyl (C=O) groups excluding carboxylic acids is 1. The van der Waals surface area contributed by atoms with Gasteiger partial charge in [0.25, 0.3) is 0 Å². The highest BCUT2D eigenvalue weighted by molar-refractivity contribution is 5.83. The Morgan fingerprint density at radius 3 is 2.38 bits per heavy atom. The van der Waals surface area contributed by atoms with Gasteiger partial charge in [-0.15, -0.1) is 0 Å². The summed E-state index contributed by atoms with van der Waals surface area (Å²) in [6.07, 6.45) is 1.26. The predicted molar refractivity (Wildman–Crippen MR) is 74.0 cm³/mol. The van der Waals surface area contributed by atoms with Gasteiger partial charge in [0.1, 0.15) is 17.4 Å². The molecule has 0 radical (unpaired) electrons. The van der Waals surface area contributed by atoms with E-state index in [0.29, 0.717) is 26.1 Å². The van der Waals surface area contributed by atoms with Crippen molar-refractivity contribution in [2.45, 2.75) is 31.3 Å². The highest BCUT2D eigenvalue weighted by atomic mass is 19.1. The SMILES string of the molecule is CN1C2COCC1CC(C(=O)Cc1c(F)cccc1F)C2. The van der Waals surface area contributed by atoms with Crippen molar-refractivity contribution < 1.29 is 18.3 Å². The van der Waals surface area contributed by atoms with E-state index in [1.807, 2.05) is 0 Å². The molecule has 5 heteroatoms. The van der Waals surface area contributed by atoms with E-state index < -0.39 is 11.6 Å². The first kappa shape index (κ1) is 14.6. The first-order chi connectivity index (χ1) is 10.1. The van der Waals surface area contributed by atoms with Crippen LogP contribution in [0.25, 0.3) is 0 Å². The van der Waals surface area contributed by atoms with Crippen LogP contribution in [-0.4, -0.2) is 43.0 Å². The summed E-state index contributed by atoms with van der Waals surface area (Å²) in [6, 6.07) is 4.18. The van der Waals surface area contributed by atoms with Gasteiger partial charge in [-0.1, -0.05) is 6.07 Å². The Morgan fingerprint density at radius 2 is 1.81 bits per heavy atom. The summed E-state index contributed by atoms with van der Waals surface area (Å²) in [5.41, 5.74) is -0.108. The zero-order chi connectivity index (χ0) is 15.0. The lowest BCUT2D eigenvalue weighted by Gasteiger charge is -2.46. The molecule has 0 aliphatic carbocycles. The number of benzene rings is 1. The van der Waals surface area contributed by atoms with Crippen LogP contribution in [0.3, 0.4) is 0 Å². The fourth-order valence-corrected chi connectivity index (χ4v) is 3.38. The van der Waals surface area contributed by atoms with Gasteiger partial charge in [-0.05, 0) is 32.0 Å². The summed E-state index contributed by atoms with van der Waals surface area (Å²) in [6.45, 7) is 1.26. The number of halogens is 2. The van der Waals surface area contributed by atoms with Crippen molar-refractivity contribution in [2.24, 2.45) is 5.92 Å². The zero-order valence-corrected chi connectivity index (χ0v) is 12.0. The van der Waals surface area contributed by atoms with Crippen molar-refractivity contribution in [1.82, 2.24) is 4.90 Å². The number of hydrogen-bond acceptors (Lipinski definition) is 3. The van der Waals surface area contributed by atoms with Crippen molar-refractivity contribution in [3.05, 3.63) is 35.4 Å². The van der Waals surface area contributed by atoms with Gasteiger partial charge in [0.05, 0.1) is 13.2 Å². The molecule has 2 unspecified atom stereocenters. The third kappa shape index (κ3) is 2.85. The highest BCUT2D eigenvalue weighted by Gasteiger charge is 2.39. The van der Waals surface area contributed by atoms with Crippen molar-refractivity contribution in [2.75, 3.05) is 20.3 Å². The van der Waals surface area contributed by atoms with Crippen LogP contribution in [0.2, 0.25) is 0 Å². The molecule has 1 aromatic carbocycles. The molecule has 0 amide bonds. The van der Waals surface area contributed by atoms with Gasteiger partial charge in [0.15, 0.2) is 0 Å². The first-order valence-corrected chi connectivity index (χ1v) is 7.31. The quantitative estimate of drug-likeness (QED) is 0.856. The third-order valence-electron chi connectivity index (χ3n) is 4.75. The number of nitrogens with zero attached hydrogens (tertiary/aromatic N) is 1. The van der Waals surface area contributed by atoms with Crippen LogP contribution in [0.15, 0.2) is 18.2 Å². The second kappa shape index (κ2) is 5.81. The standard InChI is InChI=1S/C16H19F2NO2/c1-19-11-5-10(6-12(19)9-21-8-11)16(20)7-13-14(17)3-2-4-15(13)18/h2-4,10-12H,5-9H2,1H3. The van der Waals surface area contributed by atoms with E-state index in [4.69, 9.17) is 4.74 Å². The number of ether oxygens (including phenoxy) is 1. The number of ketones is 1. The second-order valence-electron chi connectivity index (χ2n) is 6.02. The first-order valence-electron chi connectivity index (χ1n) is 7.31. The van der Waals surface area contributed by atoms with Gasteiger partial charge < -0.3 is 4.74 Å². The maximum Gasteiger partial charge on any atom is 0.140 e. The Labute approximate surface area is 122 Å². The maximum atomic E-state index is 13.7. The fourth-order valence-electron chi connectivity index (χ4n) is 3.38. The number of morpholine rings is 1. The Balaban J connectivity index is 1.72. The molecule has 114 valence electrons. The number of rotatable bonds is 3. The van der Waals surface area contributed by atoms with Gasteiger partial charge in [-0.25, -0.2) is 8.78 Å². The molecule has 3 nitrogen and oxygen atoms in total. The zero-order valence-electron chi connectivity index (χ0n) is 12.0. The number of fused-ring (bicyclic) bond motifs is 2. The van der Waals surface area contributed by atoms with Gasteiger partial charge in [0.2, 0.25) is 0 Å². The normalized spacial score (nSPS) is 29.4. The van der Waals surface area contributed by atoms with Crippen LogP contribution < -0.4 is 0 Å². The molecule has 3 rings (SSSR count). The summed E-state index contributed by atoms with van der Waals surface area (Å²) in [4.78, 5) is 14.7. The van der Waals surface area contributed by atoms with Crippen LogP contribution in [0.4, 0.5) is 8.78 Å². The Kier molecular flexibility index (Phi) is 4.04. The minimum atomic E-state index is -0.639. The van der Waals surface area contributed by atoms with Gasteiger partial charge in [-0.2, -0.15) is 0 Å². The van der Waals surface area contributed by atoms with Crippen molar-refractivity contribution in [3.8, 4) is 0 Å². The van der Waals surface area contributed by atoms with Crippen LogP contribution in [0, 0.1) is 17.6 Å². The molecule has 1 aromatic rings. The fraction of sp³-hybridized carbons (Fsp3) is 0.562. The molecule has 2 saturated heterocycles. The average molecular weight is 295 g/mol. The van der Waals surface area contributed by atoms with Crippen molar-refractivity contribution >= 4 is 5.78 Å². The Hall–Kier alpha value is -1.33.